The predicted molar refractivity (Wildman–Crippen MR) is 131 cm³/mol. The van der Waals surface area contributed by atoms with Gasteiger partial charge in [0.25, 0.3) is 5.91 Å². The predicted octanol–water partition coefficient (Wildman–Crippen LogP) is 4.54. The molecule has 3 rings (SSSR count). The lowest BCUT2D eigenvalue weighted by atomic mass is 10.0. The van der Waals surface area contributed by atoms with Crippen molar-refractivity contribution in [2.24, 2.45) is 0 Å². The fourth-order valence-corrected chi connectivity index (χ4v) is 3.71. The monoisotopic (exact) mass is 462 g/mol. The third-order valence-corrected chi connectivity index (χ3v) is 5.61. The number of carbonyl (C=O) groups excluding carboxylic acids is 2. The molecule has 34 heavy (non-hydrogen) atoms. The Hall–Kier alpha value is -3.67. The molecule has 5 nitrogen and oxygen atoms in total. The number of amides is 2. The van der Waals surface area contributed by atoms with E-state index in [-0.39, 0.29) is 19.1 Å². The number of nitrogens with zero attached hydrogens (tertiary/aromatic N) is 1. The highest BCUT2D eigenvalue weighted by Crippen LogP contribution is 2.18. The summed E-state index contributed by atoms with van der Waals surface area (Å²) in [4.78, 5) is 27.9. The van der Waals surface area contributed by atoms with E-state index in [1.165, 1.54) is 16.5 Å². The molecule has 1 atom stereocenters. The molecule has 3 aromatic rings. The lowest BCUT2D eigenvalue weighted by Gasteiger charge is -2.31. The van der Waals surface area contributed by atoms with Crippen molar-refractivity contribution in [3.8, 4) is 5.75 Å². The van der Waals surface area contributed by atoms with Gasteiger partial charge >= 0.3 is 0 Å². The fourth-order valence-electron chi connectivity index (χ4n) is 3.71. The quantitative estimate of drug-likeness (QED) is 0.455. The molecule has 2 amide bonds. The SMILES string of the molecule is CCNC(=O)[C@@H](Cc1ccccc1)N(Cc1ccccc1F)C(=O)COc1ccc(CC)cc1. The first-order valence-electron chi connectivity index (χ1n) is 11.6. The van der Waals surface area contributed by atoms with Crippen molar-refractivity contribution >= 4 is 11.8 Å². The largest absolute Gasteiger partial charge is 0.484 e. The molecule has 6 heteroatoms. The van der Waals surface area contributed by atoms with E-state index in [1.54, 1.807) is 18.2 Å². The van der Waals surface area contributed by atoms with Gasteiger partial charge in [0, 0.05) is 25.1 Å². The van der Waals surface area contributed by atoms with Crippen LogP contribution in [0.3, 0.4) is 0 Å². The van der Waals surface area contributed by atoms with Gasteiger partial charge in [0.05, 0.1) is 0 Å². The third-order valence-electron chi connectivity index (χ3n) is 5.61. The smallest absolute Gasteiger partial charge is 0.261 e. The molecule has 0 spiro atoms. The molecule has 0 saturated heterocycles. The Morgan fingerprint density at radius 3 is 2.24 bits per heavy atom. The zero-order valence-corrected chi connectivity index (χ0v) is 19.7. The molecule has 0 radical (unpaired) electrons. The van der Waals surface area contributed by atoms with E-state index in [1.807, 2.05) is 61.5 Å². The molecule has 0 unspecified atom stereocenters. The van der Waals surface area contributed by atoms with Gasteiger partial charge in [-0.25, -0.2) is 4.39 Å². The number of ether oxygens (including phenoxy) is 1. The molecule has 3 aromatic carbocycles. The normalized spacial score (nSPS) is 11.5. The molecule has 0 aromatic heterocycles. The Kier molecular flexibility index (Phi) is 9.21. The van der Waals surface area contributed by atoms with E-state index in [0.717, 1.165) is 12.0 Å². The number of likely N-dealkylation sites (N-methyl/N-ethyl adjacent to an activating group) is 1. The van der Waals surface area contributed by atoms with Crippen LogP contribution < -0.4 is 10.1 Å². The van der Waals surface area contributed by atoms with Crippen LogP contribution >= 0.6 is 0 Å². The first-order valence-corrected chi connectivity index (χ1v) is 11.6. The molecule has 0 aliphatic carbocycles. The summed E-state index contributed by atoms with van der Waals surface area (Å²) < 4.78 is 20.2. The van der Waals surface area contributed by atoms with Crippen LogP contribution in [0, 0.1) is 5.82 Å². The van der Waals surface area contributed by atoms with Crippen molar-refractivity contribution in [1.29, 1.82) is 0 Å². The molecular weight excluding hydrogens is 431 g/mol. The average molecular weight is 463 g/mol. The van der Waals surface area contributed by atoms with E-state index in [0.29, 0.717) is 24.3 Å². The van der Waals surface area contributed by atoms with Gasteiger partial charge < -0.3 is 15.0 Å². The molecule has 0 heterocycles. The summed E-state index contributed by atoms with van der Waals surface area (Å²) in [5, 5.41) is 2.82. The minimum atomic E-state index is -0.819. The lowest BCUT2D eigenvalue weighted by molar-refractivity contribution is -0.142. The van der Waals surface area contributed by atoms with Crippen molar-refractivity contribution in [1.82, 2.24) is 10.2 Å². The Morgan fingerprint density at radius 2 is 1.59 bits per heavy atom. The number of hydrogen-bond acceptors (Lipinski definition) is 3. The minimum absolute atomic E-state index is 0.0434. The van der Waals surface area contributed by atoms with Crippen molar-refractivity contribution in [3.05, 3.63) is 101 Å². The van der Waals surface area contributed by atoms with Crippen molar-refractivity contribution in [3.63, 3.8) is 0 Å². The number of halogens is 1. The van der Waals surface area contributed by atoms with Gasteiger partial charge in [0.1, 0.15) is 17.6 Å². The summed E-state index contributed by atoms with van der Waals surface area (Å²) in [6.45, 7) is 4.01. The van der Waals surface area contributed by atoms with E-state index in [9.17, 15) is 14.0 Å². The second kappa shape index (κ2) is 12.5. The third kappa shape index (κ3) is 6.91. The Bertz CT molecular complexity index is 1070. The summed E-state index contributed by atoms with van der Waals surface area (Å²) >= 11 is 0. The summed E-state index contributed by atoms with van der Waals surface area (Å²) in [6.07, 6.45) is 1.21. The highest BCUT2D eigenvalue weighted by molar-refractivity contribution is 5.88. The topological polar surface area (TPSA) is 58.6 Å². The van der Waals surface area contributed by atoms with Crippen LogP contribution in [-0.4, -0.2) is 35.9 Å². The van der Waals surface area contributed by atoms with Crippen molar-refractivity contribution < 1.29 is 18.7 Å². The number of nitrogens with one attached hydrogen (secondary N) is 1. The molecule has 178 valence electrons. The lowest BCUT2D eigenvalue weighted by Crippen LogP contribution is -2.51. The zero-order valence-electron chi connectivity index (χ0n) is 19.7. The maximum atomic E-state index is 14.5. The average Bonchev–Trinajstić information content (AvgIpc) is 2.86. The molecule has 0 aliphatic rings. The standard InChI is InChI=1S/C28H31FN2O3/c1-3-21-14-16-24(17-15-21)34-20-27(32)31(19-23-12-8-9-13-25(23)29)26(28(33)30-4-2)18-22-10-6-5-7-11-22/h5-17,26H,3-4,18-20H2,1-2H3,(H,30,33)/t26-/m1/s1. The van der Waals surface area contributed by atoms with Gasteiger partial charge in [-0.2, -0.15) is 0 Å². The zero-order chi connectivity index (χ0) is 24.3. The van der Waals surface area contributed by atoms with Crippen LogP contribution in [-0.2, 0) is 29.0 Å². The van der Waals surface area contributed by atoms with E-state index >= 15 is 0 Å². The Labute approximate surface area is 200 Å². The van der Waals surface area contributed by atoms with E-state index in [4.69, 9.17) is 4.74 Å². The van der Waals surface area contributed by atoms with Gasteiger partial charge in [-0.05, 0) is 42.7 Å². The highest BCUT2D eigenvalue weighted by Gasteiger charge is 2.31. The van der Waals surface area contributed by atoms with Crippen LogP contribution in [0.25, 0.3) is 0 Å². The summed E-state index contributed by atoms with van der Waals surface area (Å²) in [5.41, 5.74) is 2.41. The van der Waals surface area contributed by atoms with Crippen molar-refractivity contribution in [2.75, 3.05) is 13.2 Å². The van der Waals surface area contributed by atoms with Gasteiger partial charge in [-0.15, -0.1) is 0 Å². The number of rotatable bonds is 11. The number of aryl methyl sites for hydroxylation is 1. The fraction of sp³-hybridized carbons (Fsp3) is 0.286. The van der Waals surface area contributed by atoms with Crippen LogP contribution in [0.15, 0.2) is 78.9 Å². The molecule has 0 saturated carbocycles. The van der Waals surface area contributed by atoms with Crippen LogP contribution in [0.4, 0.5) is 4.39 Å². The summed E-state index contributed by atoms with van der Waals surface area (Å²) in [5.74, 6) is -0.543. The van der Waals surface area contributed by atoms with Crippen LogP contribution in [0.2, 0.25) is 0 Å². The molecule has 1 N–H and O–H groups in total. The summed E-state index contributed by atoms with van der Waals surface area (Å²) in [6, 6.07) is 22.5. The molecule has 0 bridgehead atoms. The molecular formula is C28H31FN2O3. The van der Waals surface area contributed by atoms with E-state index < -0.39 is 17.8 Å². The first kappa shape index (κ1) is 25.0. The Morgan fingerprint density at radius 1 is 0.912 bits per heavy atom. The number of carbonyl (C=O) groups is 2. The van der Waals surface area contributed by atoms with E-state index in [2.05, 4.69) is 12.2 Å². The maximum absolute atomic E-state index is 14.5. The number of hydrogen-bond donors (Lipinski definition) is 1. The second-order valence-corrected chi connectivity index (χ2v) is 8.00. The van der Waals surface area contributed by atoms with Gasteiger partial charge in [-0.3, -0.25) is 9.59 Å². The van der Waals surface area contributed by atoms with Gasteiger partial charge in [0.15, 0.2) is 6.61 Å². The van der Waals surface area contributed by atoms with Gasteiger partial charge in [0.2, 0.25) is 5.91 Å². The minimum Gasteiger partial charge on any atom is -0.484 e. The summed E-state index contributed by atoms with van der Waals surface area (Å²) in [7, 11) is 0. The molecule has 0 aliphatic heterocycles. The Balaban J connectivity index is 1.87. The maximum Gasteiger partial charge on any atom is 0.261 e. The van der Waals surface area contributed by atoms with Crippen LogP contribution in [0.5, 0.6) is 5.75 Å². The number of benzene rings is 3. The van der Waals surface area contributed by atoms with Crippen molar-refractivity contribution in [2.45, 2.75) is 39.3 Å². The first-order chi connectivity index (χ1) is 16.5. The second-order valence-electron chi connectivity index (χ2n) is 8.00. The highest BCUT2D eigenvalue weighted by atomic mass is 19.1. The van der Waals surface area contributed by atoms with Crippen LogP contribution in [0.1, 0.15) is 30.5 Å². The van der Waals surface area contributed by atoms with Gasteiger partial charge in [-0.1, -0.05) is 67.6 Å². The molecule has 0 fully saturated rings.